The quantitative estimate of drug-likeness (QED) is 0.725. The van der Waals surface area contributed by atoms with Gasteiger partial charge in [0, 0.05) is 18.8 Å². The third kappa shape index (κ3) is 3.31. The molecule has 26 heavy (non-hydrogen) atoms. The smallest absolute Gasteiger partial charge is 0.227 e. The topological polar surface area (TPSA) is 50.5 Å². The minimum Gasteiger partial charge on any atom is -0.334 e. The largest absolute Gasteiger partial charge is 0.334 e. The zero-order valence-corrected chi connectivity index (χ0v) is 14.7. The van der Waals surface area contributed by atoms with Gasteiger partial charge in [0.1, 0.15) is 5.82 Å². The highest BCUT2D eigenvalue weighted by Crippen LogP contribution is 2.30. The zero-order valence-electron chi connectivity index (χ0n) is 14.7. The van der Waals surface area contributed by atoms with Crippen molar-refractivity contribution in [3.63, 3.8) is 0 Å². The molecule has 0 saturated carbocycles. The summed E-state index contributed by atoms with van der Waals surface area (Å²) in [6.45, 7) is 2.65. The molecule has 0 bridgehead atoms. The Morgan fingerprint density at radius 1 is 1.27 bits per heavy atom. The van der Waals surface area contributed by atoms with Crippen molar-refractivity contribution < 1.29 is 9.18 Å². The van der Waals surface area contributed by atoms with Crippen molar-refractivity contribution in [1.82, 2.24) is 19.5 Å². The summed E-state index contributed by atoms with van der Waals surface area (Å²) >= 11 is 0. The molecule has 3 heterocycles. The van der Waals surface area contributed by atoms with Crippen LogP contribution in [0.1, 0.15) is 42.3 Å². The van der Waals surface area contributed by atoms with E-state index in [0.717, 1.165) is 36.3 Å². The molecule has 1 unspecified atom stereocenters. The second-order valence-corrected chi connectivity index (χ2v) is 6.85. The maximum Gasteiger partial charge on any atom is 0.227 e. The number of piperidine rings is 1. The van der Waals surface area contributed by atoms with Crippen LogP contribution in [-0.4, -0.2) is 31.9 Å². The van der Waals surface area contributed by atoms with Gasteiger partial charge in [-0.1, -0.05) is 12.1 Å². The number of aromatic nitrogens is 3. The number of fused-ring (bicyclic) bond motifs is 1. The molecule has 2 aromatic heterocycles. The van der Waals surface area contributed by atoms with Crippen LogP contribution >= 0.6 is 0 Å². The molecule has 4 rings (SSSR count). The van der Waals surface area contributed by atoms with Crippen molar-refractivity contribution in [1.29, 1.82) is 0 Å². The second-order valence-electron chi connectivity index (χ2n) is 6.85. The first kappa shape index (κ1) is 16.7. The lowest BCUT2D eigenvalue weighted by atomic mass is 9.98. The van der Waals surface area contributed by atoms with Gasteiger partial charge in [0.05, 0.1) is 23.9 Å². The third-order valence-corrected chi connectivity index (χ3v) is 4.88. The van der Waals surface area contributed by atoms with Crippen molar-refractivity contribution in [3.8, 4) is 0 Å². The molecule has 1 aliphatic rings. The predicted octanol–water partition coefficient (Wildman–Crippen LogP) is 3.47. The molecule has 6 heteroatoms. The second kappa shape index (κ2) is 6.86. The maximum atomic E-state index is 13.4. The average molecular weight is 352 g/mol. The van der Waals surface area contributed by atoms with Gasteiger partial charge in [-0.05, 0) is 49.9 Å². The molecule has 1 fully saturated rings. The van der Waals surface area contributed by atoms with Crippen LogP contribution in [0.5, 0.6) is 0 Å². The van der Waals surface area contributed by atoms with Gasteiger partial charge in [-0.15, -0.1) is 0 Å². The molecule has 1 atom stereocenters. The highest BCUT2D eigenvalue weighted by Gasteiger charge is 2.29. The predicted molar refractivity (Wildman–Crippen MR) is 96.1 cm³/mol. The molecule has 1 aliphatic heterocycles. The van der Waals surface area contributed by atoms with Crippen molar-refractivity contribution in [2.24, 2.45) is 0 Å². The van der Waals surface area contributed by atoms with E-state index in [-0.39, 0.29) is 24.2 Å². The van der Waals surface area contributed by atoms with E-state index in [1.54, 1.807) is 16.6 Å². The number of amides is 1. The molecular formula is C20H21FN4O. The van der Waals surface area contributed by atoms with E-state index in [9.17, 15) is 9.18 Å². The number of rotatable bonds is 3. The van der Waals surface area contributed by atoms with Gasteiger partial charge < -0.3 is 4.90 Å². The van der Waals surface area contributed by atoms with Crippen molar-refractivity contribution in [2.45, 2.75) is 38.6 Å². The zero-order chi connectivity index (χ0) is 18.1. The van der Waals surface area contributed by atoms with Crippen LogP contribution in [-0.2, 0) is 11.2 Å². The first-order valence-corrected chi connectivity index (χ1v) is 8.97. The van der Waals surface area contributed by atoms with Crippen LogP contribution in [0.2, 0.25) is 0 Å². The fraction of sp³-hybridized carbons (Fsp3) is 0.350. The summed E-state index contributed by atoms with van der Waals surface area (Å²) in [5.74, 6) is -0.291. The number of likely N-dealkylation sites (tertiary alicyclic amines) is 1. The van der Waals surface area contributed by atoms with E-state index < -0.39 is 0 Å². The van der Waals surface area contributed by atoms with Gasteiger partial charge in [0.25, 0.3) is 0 Å². The van der Waals surface area contributed by atoms with Crippen LogP contribution in [0.25, 0.3) is 5.65 Å². The number of benzene rings is 1. The van der Waals surface area contributed by atoms with Crippen LogP contribution < -0.4 is 0 Å². The minimum absolute atomic E-state index is 0.0201. The number of halogens is 1. The van der Waals surface area contributed by atoms with Crippen LogP contribution in [0.3, 0.4) is 0 Å². The van der Waals surface area contributed by atoms with Gasteiger partial charge in [-0.2, -0.15) is 5.10 Å². The molecule has 0 aliphatic carbocycles. The van der Waals surface area contributed by atoms with Gasteiger partial charge in [-0.3, -0.25) is 4.79 Å². The van der Waals surface area contributed by atoms with E-state index >= 15 is 0 Å². The monoisotopic (exact) mass is 352 g/mol. The normalized spacial score (nSPS) is 17.6. The molecule has 1 aromatic carbocycles. The Morgan fingerprint density at radius 3 is 3.00 bits per heavy atom. The average Bonchev–Trinajstić information content (AvgIpc) is 3.01. The lowest BCUT2D eigenvalue weighted by Crippen LogP contribution is -2.39. The lowest BCUT2D eigenvalue weighted by Gasteiger charge is -2.35. The Morgan fingerprint density at radius 2 is 2.15 bits per heavy atom. The SMILES string of the molecule is Cc1cc2nc(C3CCCCN3C(=O)Cc3cccc(F)c3)ccn2n1. The van der Waals surface area contributed by atoms with E-state index in [0.29, 0.717) is 12.1 Å². The van der Waals surface area contributed by atoms with E-state index in [1.807, 2.05) is 30.2 Å². The maximum absolute atomic E-state index is 13.4. The fourth-order valence-corrected chi connectivity index (χ4v) is 3.66. The molecule has 0 radical (unpaired) electrons. The molecular weight excluding hydrogens is 331 g/mol. The first-order valence-electron chi connectivity index (χ1n) is 8.97. The highest BCUT2D eigenvalue weighted by molar-refractivity contribution is 5.79. The molecule has 134 valence electrons. The van der Waals surface area contributed by atoms with Gasteiger partial charge >= 0.3 is 0 Å². The van der Waals surface area contributed by atoms with Gasteiger partial charge in [0.2, 0.25) is 5.91 Å². The Labute approximate surface area is 151 Å². The number of carbonyl (C=O) groups is 1. The summed E-state index contributed by atoms with van der Waals surface area (Å²) in [6.07, 6.45) is 5.06. The Bertz CT molecular complexity index is 952. The van der Waals surface area contributed by atoms with Crippen LogP contribution in [0.15, 0.2) is 42.6 Å². The number of hydrogen-bond donors (Lipinski definition) is 0. The van der Waals surface area contributed by atoms with Crippen molar-refractivity contribution >= 4 is 11.6 Å². The van der Waals surface area contributed by atoms with Crippen LogP contribution in [0, 0.1) is 12.7 Å². The summed E-state index contributed by atoms with van der Waals surface area (Å²) < 4.78 is 15.2. The molecule has 1 amide bonds. The summed E-state index contributed by atoms with van der Waals surface area (Å²) in [6, 6.07) is 10.1. The van der Waals surface area contributed by atoms with Crippen molar-refractivity contribution in [3.05, 3.63) is 65.4 Å². The first-order chi connectivity index (χ1) is 12.6. The lowest BCUT2D eigenvalue weighted by molar-refractivity contribution is -0.134. The van der Waals surface area contributed by atoms with Gasteiger partial charge in [-0.25, -0.2) is 13.9 Å². The Kier molecular flexibility index (Phi) is 4.41. The minimum atomic E-state index is -0.311. The molecule has 1 saturated heterocycles. The van der Waals surface area contributed by atoms with Crippen LogP contribution in [0.4, 0.5) is 4.39 Å². The molecule has 5 nitrogen and oxygen atoms in total. The fourth-order valence-electron chi connectivity index (χ4n) is 3.66. The molecule has 0 spiro atoms. The summed E-state index contributed by atoms with van der Waals surface area (Å²) in [7, 11) is 0. The van der Waals surface area contributed by atoms with E-state index in [2.05, 4.69) is 5.10 Å². The van der Waals surface area contributed by atoms with E-state index in [1.165, 1.54) is 12.1 Å². The Balaban J connectivity index is 1.59. The number of hydrogen-bond acceptors (Lipinski definition) is 3. The van der Waals surface area contributed by atoms with Gasteiger partial charge in [0.15, 0.2) is 5.65 Å². The van der Waals surface area contributed by atoms with E-state index in [4.69, 9.17) is 4.98 Å². The standard InChI is InChI=1S/C20H21FN4O/c1-14-11-19-22-17(8-10-25(19)23-14)18-7-2-3-9-24(18)20(26)13-15-5-4-6-16(21)12-15/h4-6,8,10-12,18H,2-3,7,9,13H2,1H3. The number of carbonyl (C=O) groups excluding carboxylic acids is 1. The molecule has 3 aromatic rings. The summed E-state index contributed by atoms with van der Waals surface area (Å²) in [4.78, 5) is 19.5. The molecule has 0 N–H and O–H groups in total. The highest BCUT2D eigenvalue weighted by atomic mass is 19.1. The van der Waals surface area contributed by atoms with Crippen molar-refractivity contribution in [2.75, 3.05) is 6.54 Å². The number of aryl methyl sites for hydroxylation is 1. The summed E-state index contributed by atoms with van der Waals surface area (Å²) in [5, 5.41) is 4.36. The number of nitrogens with zero attached hydrogens (tertiary/aromatic N) is 4. The Hall–Kier alpha value is -2.76. The third-order valence-electron chi connectivity index (χ3n) is 4.88. The summed E-state index contributed by atoms with van der Waals surface area (Å²) in [5.41, 5.74) is 3.30.